The molecule has 0 bridgehead atoms. The van der Waals surface area contributed by atoms with E-state index < -0.39 is 0 Å². The Balaban J connectivity index is 1.63. The van der Waals surface area contributed by atoms with Crippen molar-refractivity contribution in [1.29, 1.82) is 0 Å². The summed E-state index contributed by atoms with van der Waals surface area (Å²) in [4.78, 5) is 14.7. The first-order chi connectivity index (χ1) is 12.1. The fourth-order valence-corrected chi connectivity index (χ4v) is 3.24. The lowest BCUT2D eigenvalue weighted by atomic mass is 10.1. The molecule has 25 heavy (non-hydrogen) atoms. The zero-order chi connectivity index (χ0) is 17.8. The van der Waals surface area contributed by atoms with Gasteiger partial charge in [-0.2, -0.15) is 0 Å². The summed E-state index contributed by atoms with van der Waals surface area (Å²) in [6, 6.07) is 13.7. The average molecular weight is 340 g/mol. The van der Waals surface area contributed by atoms with Gasteiger partial charge >= 0.3 is 0 Å². The summed E-state index contributed by atoms with van der Waals surface area (Å²) in [5.74, 6) is 1.36. The molecular weight excluding hydrogens is 316 g/mol. The lowest BCUT2D eigenvalue weighted by molar-refractivity contribution is -0.122. The van der Waals surface area contributed by atoms with Crippen molar-refractivity contribution in [3.05, 3.63) is 53.6 Å². The number of rotatable bonds is 6. The molecule has 1 aliphatic rings. The highest BCUT2D eigenvalue weighted by molar-refractivity contribution is 5.85. The Morgan fingerprint density at radius 3 is 2.68 bits per heavy atom. The molecule has 1 aliphatic heterocycles. The third kappa shape index (κ3) is 3.55. The molecule has 0 radical (unpaired) electrons. The number of amides is 1. The van der Waals surface area contributed by atoms with E-state index >= 15 is 0 Å². The predicted octanol–water partition coefficient (Wildman–Crippen LogP) is 2.77. The molecule has 1 atom stereocenters. The highest BCUT2D eigenvalue weighted by Crippen LogP contribution is 2.29. The van der Waals surface area contributed by atoms with Crippen molar-refractivity contribution in [3.63, 3.8) is 0 Å². The number of carbonyl (C=O) groups excluding carboxylic acids is 1. The van der Waals surface area contributed by atoms with E-state index in [1.807, 2.05) is 37.3 Å². The molecular formula is C20H24N2O3. The number of carbonyl (C=O) groups is 1. The van der Waals surface area contributed by atoms with Gasteiger partial charge in [-0.1, -0.05) is 24.3 Å². The number of para-hydroxylation sites is 1. The predicted molar refractivity (Wildman–Crippen MR) is 98.3 cm³/mol. The first kappa shape index (κ1) is 17.1. The molecule has 2 aromatic carbocycles. The molecule has 0 aliphatic carbocycles. The number of fused-ring (bicyclic) bond motifs is 1. The van der Waals surface area contributed by atoms with Gasteiger partial charge in [0.2, 0.25) is 5.91 Å². The van der Waals surface area contributed by atoms with Gasteiger partial charge in [0, 0.05) is 18.8 Å². The minimum Gasteiger partial charge on any atom is -0.493 e. The Morgan fingerprint density at radius 2 is 1.92 bits per heavy atom. The lowest BCUT2D eigenvalue weighted by Crippen LogP contribution is -2.44. The maximum absolute atomic E-state index is 12.6. The van der Waals surface area contributed by atoms with Crippen molar-refractivity contribution in [1.82, 2.24) is 5.32 Å². The molecule has 132 valence electrons. The molecule has 0 aromatic heterocycles. The fourth-order valence-electron chi connectivity index (χ4n) is 3.24. The minimum atomic E-state index is -0.205. The highest BCUT2D eigenvalue weighted by Gasteiger charge is 2.27. The molecule has 0 saturated carbocycles. The van der Waals surface area contributed by atoms with Crippen molar-refractivity contribution < 1.29 is 14.3 Å². The van der Waals surface area contributed by atoms with Crippen LogP contribution >= 0.6 is 0 Å². The van der Waals surface area contributed by atoms with E-state index in [1.165, 1.54) is 5.56 Å². The van der Waals surface area contributed by atoms with Crippen LogP contribution in [-0.4, -0.2) is 32.7 Å². The Labute approximate surface area is 148 Å². The average Bonchev–Trinajstić information content (AvgIpc) is 3.09. The summed E-state index contributed by atoms with van der Waals surface area (Å²) in [6.07, 6.45) is 0.990. The van der Waals surface area contributed by atoms with Crippen molar-refractivity contribution in [2.24, 2.45) is 0 Å². The number of hydrogen-bond donors (Lipinski definition) is 1. The van der Waals surface area contributed by atoms with Crippen LogP contribution in [0.15, 0.2) is 42.5 Å². The standard InChI is InChI=1S/C20H24N2O3/c1-14(22-11-10-16-6-4-5-7-17(16)22)20(23)21-13-15-8-9-18(24-2)19(12-15)25-3/h4-9,12,14H,10-11,13H2,1-3H3,(H,21,23)/t14-/m1/s1. The molecule has 1 heterocycles. The lowest BCUT2D eigenvalue weighted by Gasteiger charge is -2.26. The van der Waals surface area contributed by atoms with Gasteiger partial charge in [-0.05, 0) is 42.7 Å². The van der Waals surface area contributed by atoms with Gasteiger partial charge in [0.05, 0.1) is 14.2 Å². The third-order valence-electron chi connectivity index (χ3n) is 4.68. The molecule has 3 rings (SSSR count). The summed E-state index contributed by atoms with van der Waals surface area (Å²) in [6.45, 7) is 3.29. The first-order valence-electron chi connectivity index (χ1n) is 8.47. The first-order valence-corrected chi connectivity index (χ1v) is 8.47. The second-order valence-corrected chi connectivity index (χ2v) is 6.16. The molecule has 1 amide bonds. The minimum absolute atomic E-state index is 0.0199. The van der Waals surface area contributed by atoms with E-state index in [1.54, 1.807) is 14.2 Å². The van der Waals surface area contributed by atoms with Crippen LogP contribution in [0.25, 0.3) is 0 Å². The van der Waals surface area contributed by atoms with Crippen molar-refractivity contribution in [2.75, 3.05) is 25.7 Å². The quantitative estimate of drug-likeness (QED) is 0.878. The summed E-state index contributed by atoms with van der Waals surface area (Å²) in [5, 5.41) is 3.02. The van der Waals surface area contributed by atoms with Crippen LogP contribution in [0, 0.1) is 0 Å². The number of ether oxygens (including phenoxy) is 2. The van der Waals surface area contributed by atoms with E-state index in [2.05, 4.69) is 22.3 Å². The Bertz CT molecular complexity index is 760. The van der Waals surface area contributed by atoms with Crippen molar-refractivity contribution in [3.8, 4) is 11.5 Å². The number of hydrogen-bond acceptors (Lipinski definition) is 4. The van der Waals surface area contributed by atoms with Gasteiger partial charge < -0.3 is 19.7 Å². The molecule has 0 spiro atoms. The maximum Gasteiger partial charge on any atom is 0.242 e. The van der Waals surface area contributed by atoms with Crippen LogP contribution in [0.5, 0.6) is 11.5 Å². The van der Waals surface area contributed by atoms with Crippen LogP contribution in [0.4, 0.5) is 5.69 Å². The van der Waals surface area contributed by atoms with Gasteiger partial charge in [0.15, 0.2) is 11.5 Å². The molecule has 0 saturated heterocycles. The monoisotopic (exact) mass is 340 g/mol. The number of methoxy groups -OCH3 is 2. The normalized spacial score (nSPS) is 14.0. The van der Waals surface area contributed by atoms with Gasteiger partial charge in [-0.25, -0.2) is 0 Å². The van der Waals surface area contributed by atoms with Crippen LogP contribution < -0.4 is 19.7 Å². The van der Waals surface area contributed by atoms with E-state index in [-0.39, 0.29) is 11.9 Å². The largest absolute Gasteiger partial charge is 0.493 e. The number of nitrogens with one attached hydrogen (secondary N) is 1. The van der Waals surface area contributed by atoms with E-state index in [4.69, 9.17) is 9.47 Å². The van der Waals surface area contributed by atoms with Crippen LogP contribution in [-0.2, 0) is 17.8 Å². The van der Waals surface area contributed by atoms with Gasteiger partial charge in [-0.3, -0.25) is 4.79 Å². The Kier molecular flexibility index (Phi) is 5.12. The van der Waals surface area contributed by atoms with Crippen LogP contribution in [0.1, 0.15) is 18.1 Å². The maximum atomic E-state index is 12.6. The highest BCUT2D eigenvalue weighted by atomic mass is 16.5. The smallest absolute Gasteiger partial charge is 0.242 e. The number of nitrogens with zero attached hydrogens (tertiary/aromatic N) is 1. The number of anilines is 1. The van der Waals surface area contributed by atoms with Gasteiger partial charge in [-0.15, -0.1) is 0 Å². The molecule has 0 unspecified atom stereocenters. The zero-order valence-electron chi connectivity index (χ0n) is 14.9. The second kappa shape index (κ2) is 7.47. The molecule has 0 fully saturated rings. The summed E-state index contributed by atoms with van der Waals surface area (Å²) in [5.41, 5.74) is 3.44. The SMILES string of the molecule is COc1ccc(CNC(=O)[C@@H](C)N2CCc3ccccc32)cc1OC. The van der Waals surface area contributed by atoms with Gasteiger partial charge in [0.25, 0.3) is 0 Å². The summed E-state index contributed by atoms with van der Waals surface area (Å²) in [7, 11) is 3.21. The Hall–Kier alpha value is -2.69. The van der Waals surface area contributed by atoms with Crippen molar-refractivity contribution >= 4 is 11.6 Å². The van der Waals surface area contributed by atoms with Crippen LogP contribution in [0.3, 0.4) is 0 Å². The van der Waals surface area contributed by atoms with E-state index in [9.17, 15) is 4.79 Å². The zero-order valence-corrected chi connectivity index (χ0v) is 14.9. The summed E-state index contributed by atoms with van der Waals surface area (Å²) >= 11 is 0. The molecule has 5 heteroatoms. The van der Waals surface area contributed by atoms with Crippen LogP contribution in [0.2, 0.25) is 0 Å². The summed E-state index contributed by atoms with van der Waals surface area (Å²) < 4.78 is 10.5. The molecule has 2 aromatic rings. The Morgan fingerprint density at radius 1 is 1.16 bits per heavy atom. The second-order valence-electron chi connectivity index (χ2n) is 6.16. The van der Waals surface area contributed by atoms with E-state index in [0.717, 1.165) is 24.2 Å². The molecule has 5 nitrogen and oxygen atoms in total. The third-order valence-corrected chi connectivity index (χ3v) is 4.68. The fraction of sp³-hybridized carbons (Fsp3) is 0.350. The van der Waals surface area contributed by atoms with Gasteiger partial charge in [0.1, 0.15) is 6.04 Å². The topological polar surface area (TPSA) is 50.8 Å². The van der Waals surface area contributed by atoms with Crippen molar-refractivity contribution in [2.45, 2.75) is 25.9 Å². The van der Waals surface area contributed by atoms with E-state index in [0.29, 0.717) is 18.0 Å². The molecule has 1 N–H and O–H groups in total. The number of benzene rings is 2.